The summed E-state index contributed by atoms with van der Waals surface area (Å²) in [5.74, 6) is -2.36. The number of hydrogen-bond donors (Lipinski definition) is 1. The number of aryl methyl sites for hydroxylation is 1. The van der Waals surface area contributed by atoms with Crippen LogP contribution in [0.2, 0.25) is 0 Å². The maximum absolute atomic E-state index is 13.0. The van der Waals surface area contributed by atoms with Crippen molar-refractivity contribution in [2.75, 3.05) is 0 Å². The zero-order valence-corrected chi connectivity index (χ0v) is 10.7. The lowest BCUT2D eigenvalue weighted by molar-refractivity contribution is 0.0691. The maximum Gasteiger partial charge on any atom is 0.339 e. The van der Waals surface area contributed by atoms with Crippen molar-refractivity contribution in [3.8, 4) is 5.75 Å². The molecular formula is C15H12F2O3. The van der Waals surface area contributed by atoms with Crippen molar-refractivity contribution in [1.29, 1.82) is 0 Å². The minimum atomic E-state index is -1.12. The fraction of sp³-hybridized carbons (Fsp3) is 0.133. The minimum Gasteiger partial charge on any atom is -0.488 e. The number of rotatable bonds is 4. The molecule has 1 N–H and O–H groups in total. The Balaban J connectivity index is 2.22. The average Bonchev–Trinajstić information content (AvgIpc) is 2.35. The van der Waals surface area contributed by atoms with Crippen LogP contribution in [-0.2, 0) is 6.61 Å². The van der Waals surface area contributed by atoms with Gasteiger partial charge in [-0.3, -0.25) is 0 Å². The molecule has 0 spiro atoms. The Kier molecular flexibility index (Phi) is 3.98. The highest BCUT2D eigenvalue weighted by Gasteiger charge is 2.11. The molecule has 0 fully saturated rings. The number of carboxylic acid groups (broad SMARTS) is 1. The molecule has 2 aromatic carbocycles. The molecular weight excluding hydrogens is 266 g/mol. The molecule has 3 nitrogen and oxygen atoms in total. The summed E-state index contributed by atoms with van der Waals surface area (Å²) in [5, 5.41) is 9.04. The summed E-state index contributed by atoms with van der Waals surface area (Å²) in [6.07, 6.45) is 0. The summed E-state index contributed by atoms with van der Waals surface area (Å²) in [7, 11) is 0. The summed E-state index contributed by atoms with van der Waals surface area (Å²) in [5.41, 5.74) is 1.13. The second-order valence-electron chi connectivity index (χ2n) is 4.37. The lowest BCUT2D eigenvalue weighted by Crippen LogP contribution is -2.04. The van der Waals surface area contributed by atoms with Crippen LogP contribution in [0.3, 0.4) is 0 Å². The Hall–Kier alpha value is -2.43. The van der Waals surface area contributed by atoms with Crippen LogP contribution in [0, 0.1) is 18.6 Å². The van der Waals surface area contributed by atoms with Gasteiger partial charge in [0.2, 0.25) is 0 Å². The van der Waals surface area contributed by atoms with Gasteiger partial charge in [0.25, 0.3) is 0 Å². The number of hydrogen-bond acceptors (Lipinski definition) is 2. The van der Waals surface area contributed by atoms with Gasteiger partial charge in [-0.15, -0.1) is 0 Å². The van der Waals surface area contributed by atoms with Gasteiger partial charge in [0.05, 0.1) is 0 Å². The largest absolute Gasteiger partial charge is 0.488 e. The van der Waals surface area contributed by atoms with Crippen LogP contribution >= 0.6 is 0 Å². The normalized spacial score (nSPS) is 10.3. The third-order valence-corrected chi connectivity index (χ3v) is 2.68. The van der Waals surface area contributed by atoms with Gasteiger partial charge >= 0.3 is 5.97 Å². The van der Waals surface area contributed by atoms with Gasteiger partial charge in [0.1, 0.15) is 29.6 Å². The van der Waals surface area contributed by atoms with Crippen LogP contribution in [0.5, 0.6) is 5.75 Å². The van der Waals surface area contributed by atoms with E-state index in [4.69, 9.17) is 9.84 Å². The molecule has 0 saturated carbocycles. The standard InChI is InChI=1S/C15H12F2O3/c1-9-2-3-13(15(18)19)14(4-9)20-8-10-5-11(16)7-12(17)6-10/h2-7H,8H2,1H3,(H,18,19). The molecule has 0 aliphatic heterocycles. The van der Waals surface area contributed by atoms with E-state index in [-0.39, 0.29) is 17.9 Å². The van der Waals surface area contributed by atoms with Crippen LogP contribution < -0.4 is 4.74 Å². The van der Waals surface area contributed by atoms with E-state index in [0.717, 1.165) is 23.8 Å². The second kappa shape index (κ2) is 5.69. The smallest absolute Gasteiger partial charge is 0.339 e. The topological polar surface area (TPSA) is 46.5 Å². The number of halogens is 2. The maximum atomic E-state index is 13.0. The Morgan fingerprint density at radius 1 is 1.15 bits per heavy atom. The third-order valence-electron chi connectivity index (χ3n) is 2.68. The van der Waals surface area contributed by atoms with Crippen LogP contribution in [0.15, 0.2) is 36.4 Å². The molecule has 2 aromatic rings. The molecule has 0 amide bonds. The Bertz CT molecular complexity index is 633. The van der Waals surface area contributed by atoms with Crippen molar-refractivity contribution in [3.63, 3.8) is 0 Å². The summed E-state index contributed by atoms with van der Waals surface area (Å²) < 4.78 is 31.4. The lowest BCUT2D eigenvalue weighted by Gasteiger charge is -2.10. The van der Waals surface area contributed by atoms with Gasteiger partial charge in [0, 0.05) is 6.07 Å². The first-order valence-electron chi connectivity index (χ1n) is 5.87. The van der Waals surface area contributed by atoms with Crippen molar-refractivity contribution in [2.45, 2.75) is 13.5 Å². The summed E-state index contributed by atoms with van der Waals surface area (Å²) in [4.78, 5) is 11.1. The highest BCUT2D eigenvalue weighted by atomic mass is 19.1. The van der Waals surface area contributed by atoms with E-state index >= 15 is 0 Å². The molecule has 0 aliphatic carbocycles. The van der Waals surface area contributed by atoms with Gasteiger partial charge < -0.3 is 9.84 Å². The predicted octanol–water partition coefficient (Wildman–Crippen LogP) is 3.55. The summed E-state index contributed by atoms with van der Waals surface area (Å²) in [6.45, 7) is 1.68. The number of carboxylic acids is 1. The van der Waals surface area contributed by atoms with E-state index in [9.17, 15) is 13.6 Å². The molecule has 0 aliphatic rings. The lowest BCUT2D eigenvalue weighted by atomic mass is 10.1. The van der Waals surface area contributed by atoms with Crippen LogP contribution in [0.25, 0.3) is 0 Å². The van der Waals surface area contributed by atoms with Gasteiger partial charge in [0.15, 0.2) is 0 Å². The van der Waals surface area contributed by atoms with Crippen molar-refractivity contribution in [3.05, 3.63) is 64.7 Å². The highest BCUT2D eigenvalue weighted by Crippen LogP contribution is 2.22. The van der Waals surface area contributed by atoms with Crippen LogP contribution in [0.1, 0.15) is 21.5 Å². The van der Waals surface area contributed by atoms with Crippen molar-refractivity contribution in [1.82, 2.24) is 0 Å². The van der Waals surface area contributed by atoms with Gasteiger partial charge in [-0.2, -0.15) is 0 Å². The molecule has 0 heterocycles. The fourth-order valence-corrected chi connectivity index (χ4v) is 1.78. The van der Waals surface area contributed by atoms with Crippen molar-refractivity contribution >= 4 is 5.97 Å². The van der Waals surface area contributed by atoms with E-state index in [1.807, 2.05) is 0 Å². The van der Waals surface area contributed by atoms with Crippen LogP contribution in [-0.4, -0.2) is 11.1 Å². The summed E-state index contributed by atoms with van der Waals surface area (Å²) in [6, 6.07) is 7.69. The first kappa shape index (κ1) is 14.0. The van der Waals surface area contributed by atoms with Crippen molar-refractivity contribution in [2.24, 2.45) is 0 Å². The fourth-order valence-electron chi connectivity index (χ4n) is 1.78. The minimum absolute atomic E-state index is 0.00692. The quantitative estimate of drug-likeness (QED) is 0.930. The third kappa shape index (κ3) is 3.32. The van der Waals surface area contributed by atoms with E-state index in [1.165, 1.54) is 6.07 Å². The molecule has 0 radical (unpaired) electrons. The number of benzene rings is 2. The Morgan fingerprint density at radius 2 is 1.80 bits per heavy atom. The highest BCUT2D eigenvalue weighted by molar-refractivity contribution is 5.90. The molecule has 0 bridgehead atoms. The zero-order chi connectivity index (χ0) is 14.7. The molecule has 104 valence electrons. The molecule has 0 aromatic heterocycles. The van der Waals surface area contributed by atoms with E-state index < -0.39 is 17.6 Å². The second-order valence-corrected chi connectivity index (χ2v) is 4.37. The van der Waals surface area contributed by atoms with Gasteiger partial charge in [-0.25, -0.2) is 13.6 Å². The number of ether oxygens (including phenoxy) is 1. The van der Waals surface area contributed by atoms with Gasteiger partial charge in [-0.05, 0) is 42.3 Å². The number of carbonyl (C=O) groups is 1. The molecule has 20 heavy (non-hydrogen) atoms. The molecule has 0 unspecified atom stereocenters. The van der Waals surface area contributed by atoms with Crippen LogP contribution in [0.4, 0.5) is 8.78 Å². The molecule has 5 heteroatoms. The van der Waals surface area contributed by atoms with Crippen molar-refractivity contribution < 1.29 is 23.4 Å². The number of aromatic carboxylic acids is 1. The first-order valence-corrected chi connectivity index (χ1v) is 5.87. The predicted molar refractivity (Wildman–Crippen MR) is 68.8 cm³/mol. The van der Waals surface area contributed by atoms with Gasteiger partial charge in [-0.1, -0.05) is 6.07 Å². The zero-order valence-electron chi connectivity index (χ0n) is 10.7. The SMILES string of the molecule is Cc1ccc(C(=O)O)c(OCc2cc(F)cc(F)c2)c1. The van der Waals surface area contributed by atoms with E-state index in [0.29, 0.717) is 5.56 Å². The summed E-state index contributed by atoms with van der Waals surface area (Å²) >= 11 is 0. The molecule has 0 atom stereocenters. The molecule has 0 saturated heterocycles. The average molecular weight is 278 g/mol. The van der Waals surface area contributed by atoms with E-state index in [1.54, 1.807) is 19.1 Å². The van der Waals surface area contributed by atoms with E-state index in [2.05, 4.69) is 0 Å². The first-order chi connectivity index (χ1) is 9.45. The molecule has 2 rings (SSSR count). The Morgan fingerprint density at radius 3 is 2.40 bits per heavy atom. The Labute approximate surface area is 114 Å². The monoisotopic (exact) mass is 278 g/mol.